The van der Waals surface area contributed by atoms with Crippen molar-refractivity contribution in [3.05, 3.63) is 29.8 Å². The lowest BCUT2D eigenvalue weighted by Gasteiger charge is -2.07. The largest absolute Gasteiger partial charge is 0.497 e. The molecule has 0 saturated heterocycles. The van der Waals surface area contributed by atoms with E-state index in [2.05, 4.69) is 18.3 Å². The summed E-state index contributed by atoms with van der Waals surface area (Å²) >= 11 is 0. The average molecular weight is 305 g/mol. The Morgan fingerprint density at radius 1 is 1.09 bits per heavy atom. The summed E-state index contributed by atoms with van der Waals surface area (Å²) in [6.45, 7) is 2.93. The summed E-state index contributed by atoms with van der Waals surface area (Å²) in [4.78, 5) is 11.8. The number of benzene rings is 1. The first-order chi connectivity index (χ1) is 10.8. The molecule has 0 aromatic heterocycles. The van der Waals surface area contributed by atoms with Crippen LogP contribution in [0.4, 0.5) is 0 Å². The average Bonchev–Trinajstić information content (AvgIpc) is 2.54. The first kappa shape index (κ1) is 18.5. The molecule has 1 rings (SSSR count). The fraction of sp³-hybridized carbons (Fsp3) is 0.632. The highest BCUT2D eigenvalue weighted by atomic mass is 16.5. The third-order valence-corrected chi connectivity index (χ3v) is 3.88. The standard InChI is InChI=1S/C19H31NO2/c1-3-4-5-6-7-8-9-13-19(21)20-15-14-17-11-10-12-18(16-17)22-2/h10-12,16H,3-9,13-15H2,1-2H3,(H,20,21). The van der Waals surface area contributed by atoms with E-state index in [-0.39, 0.29) is 5.91 Å². The number of rotatable bonds is 12. The maximum absolute atomic E-state index is 11.8. The van der Waals surface area contributed by atoms with Crippen molar-refractivity contribution in [3.8, 4) is 5.75 Å². The number of carbonyl (C=O) groups excluding carboxylic acids is 1. The Morgan fingerprint density at radius 2 is 1.82 bits per heavy atom. The molecule has 0 aliphatic carbocycles. The number of ether oxygens (including phenoxy) is 1. The van der Waals surface area contributed by atoms with Gasteiger partial charge in [0, 0.05) is 13.0 Å². The minimum atomic E-state index is 0.177. The number of hydrogen-bond acceptors (Lipinski definition) is 2. The summed E-state index contributed by atoms with van der Waals surface area (Å²) in [5.74, 6) is 1.04. The molecule has 1 aromatic carbocycles. The molecule has 1 N–H and O–H groups in total. The van der Waals surface area contributed by atoms with Gasteiger partial charge >= 0.3 is 0 Å². The van der Waals surface area contributed by atoms with Crippen LogP contribution in [0.1, 0.15) is 63.9 Å². The zero-order valence-electron chi connectivity index (χ0n) is 14.2. The molecule has 0 fully saturated rings. The van der Waals surface area contributed by atoms with Crippen LogP contribution in [-0.2, 0) is 11.2 Å². The van der Waals surface area contributed by atoms with Gasteiger partial charge in [0.25, 0.3) is 0 Å². The molecule has 1 aromatic rings. The first-order valence-corrected chi connectivity index (χ1v) is 8.66. The van der Waals surface area contributed by atoms with Crippen LogP contribution < -0.4 is 10.1 Å². The fourth-order valence-electron chi connectivity index (χ4n) is 2.51. The number of amides is 1. The maximum Gasteiger partial charge on any atom is 0.220 e. The van der Waals surface area contributed by atoms with E-state index in [0.717, 1.165) is 18.6 Å². The predicted octanol–water partition coefficient (Wildman–Crippen LogP) is 4.49. The van der Waals surface area contributed by atoms with Crippen LogP contribution in [0.2, 0.25) is 0 Å². The normalized spacial score (nSPS) is 10.5. The number of nitrogens with one attached hydrogen (secondary N) is 1. The van der Waals surface area contributed by atoms with Crippen molar-refractivity contribution in [2.75, 3.05) is 13.7 Å². The van der Waals surface area contributed by atoms with Gasteiger partial charge < -0.3 is 10.1 Å². The van der Waals surface area contributed by atoms with Gasteiger partial charge in [-0.25, -0.2) is 0 Å². The molecule has 0 saturated carbocycles. The van der Waals surface area contributed by atoms with E-state index in [1.165, 1.54) is 44.1 Å². The van der Waals surface area contributed by atoms with Crippen molar-refractivity contribution in [1.82, 2.24) is 5.32 Å². The Hall–Kier alpha value is -1.51. The minimum absolute atomic E-state index is 0.177. The SMILES string of the molecule is CCCCCCCCCC(=O)NCCc1cccc(OC)c1. The van der Waals surface area contributed by atoms with Gasteiger partial charge in [-0.3, -0.25) is 4.79 Å². The van der Waals surface area contributed by atoms with E-state index in [4.69, 9.17) is 4.74 Å². The molecular weight excluding hydrogens is 274 g/mol. The summed E-state index contributed by atoms with van der Waals surface area (Å²) in [7, 11) is 1.67. The lowest BCUT2D eigenvalue weighted by atomic mass is 10.1. The van der Waals surface area contributed by atoms with Gasteiger partial charge in [-0.1, -0.05) is 57.6 Å². The number of unbranched alkanes of at least 4 members (excludes halogenated alkanes) is 6. The third kappa shape index (κ3) is 8.71. The molecule has 0 atom stereocenters. The lowest BCUT2D eigenvalue weighted by Crippen LogP contribution is -2.25. The quantitative estimate of drug-likeness (QED) is 0.578. The van der Waals surface area contributed by atoms with E-state index in [0.29, 0.717) is 13.0 Å². The summed E-state index contributed by atoms with van der Waals surface area (Å²) in [6, 6.07) is 7.99. The first-order valence-electron chi connectivity index (χ1n) is 8.66. The van der Waals surface area contributed by atoms with Crippen molar-refractivity contribution in [1.29, 1.82) is 0 Å². The Balaban J connectivity index is 2.03. The van der Waals surface area contributed by atoms with Crippen molar-refractivity contribution in [3.63, 3.8) is 0 Å². The minimum Gasteiger partial charge on any atom is -0.497 e. The van der Waals surface area contributed by atoms with Gasteiger partial charge in [-0.2, -0.15) is 0 Å². The molecule has 0 spiro atoms. The topological polar surface area (TPSA) is 38.3 Å². The molecule has 0 aliphatic rings. The van der Waals surface area contributed by atoms with Crippen LogP contribution in [0.15, 0.2) is 24.3 Å². The molecule has 3 heteroatoms. The van der Waals surface area contributed by atoms with Gasteiger partial charge in [0.05, 0.1) is 7.11 Å². The molecule has 0 unspecified atom stereocenters. The van der Waals surface area contributed by atoms with E-state index in [1.807, 2.05) is 18.2 Å². The van der Waals surface area contributed by atoms with E-state index in [1.54, 1.807) is 7.11 Å². The smallest absolute Gasteiger partial charge is 0.220 e. The Labute approximate surface area is 135 Å². The van der Waals surface area contributed by atoms with Gasteiger partial charge in [0.1, 0.15) is 5.75 Å². The molecule has 22 heavy (non-hydrogen) atoms. The van der Waals surface area contributed by atoms with Crippen molar-refractivity contribution in [2.24, 2.45) is 0 Å². The Kier molecular flexibility index (Phi) is 10.2. The van der Waals surface area contributed by atoms with Crippen LogP contribution in [-0.4, -0.2) is 19.6 Å². The van der Waals surface area contributed by atoms with Crippen molar-refractivity contribution >= 4 is 5.91 Å². The molecule has 0 radical (unpaired) electrons. The van der Waals surface area contributed by atoms with Crippen molar-refractivity contribution in [2.45, 2.75) is 64.7 Å². The third-order valence-electron chi connectivity index (χ3n) is 3.88. The number of methoxy groups -OCH3 is 1. The predicted molar refractivity (Wildman–Crippen MR) is 92.3 cm³/mol. The number of carbonyl (C=O) groups is 1. The summed E-state index contributed by atoms with van der Waals surface area (Å²) in [6.07, 6.45) is 10.2. The second-order valence-electron chi connectivity index (χ2n) is 5.82. The van der Waals surface area contributed by atoms with Gasteiger partial charge in [-0.05, 0) is 30.5 Å². The molecule has 3 nitrogen and oxygen atoms in total. The van der Waals surface area contributed by atoms with Gasteiger partial charge in [-0.15, -0.1) is 0 Å². The second kappa shape index (κ2) is 12.1. The zero-order valence-corrected chi connectivity index (χ0v) is 14.2. The van der Waals surface area contributed by atoms with Crippen LogP contribution in [0, 0.1) is 0 Å². The Morgan fingerprint density at radius 3 is 2.55 bits per heavy atom. The lowest BCUT2D eigenvalue weighted by molar-refractivity contribution is -0.121. The summed E-state index contributed by atoms with van der Waals surface area (Å²) in [5.41, 5.74) is 1.19. The molecule has 0 heterocycles. The van der Waals surface area contributed by atoms with Crippen LogP contribution in [0.25, 0.3) is 0 Å². The monoisotopic (exact) mass is 305 g/mol. The van der Waals surface area contributed by atoms with Gasteiger partial charge in [0.15, 0.2) is 0 Å². The molecule has 1 amide bonds. The number of hydrogen-bond donors (Lipinski definition) is 1. The fourth-order valence-corrected chi connectivity index (χ4v) is 2.51. The van der Waals surface area contributed by atoms with Crippen LogP contribution >= 0.6 is 0 Å². The van der Waals surface area contributed by atoms with Gasteiger partial charge in [0.2, 0.25) is 5.91 Å². The van der Waals surface area contributed by atoms with E-state index in [9.17, 15) is 4.79 Å². The van der Waals surface area contributed by atoms with E-state index >= 15 is 0 Å². The van der Waals surface area contributed by atoms with Crippen molar-refractivity contribution < 1.29 is 9.53 Å². The Bertz CT molecular complexity index is 418. The molecule has 0 bridgehead atoms. The highest BCUT2D eigenvalue weighted by molar-refractivity contribution is 5.75. The summed E-state index contributed by atoms with van der Waals surface area (Å²) in [5, 5.41) is 3.00. The van der Waals surface area contributed by atoms with Crippen LogP contribution in [0.5, 0.6) is 5.75 Å². The van der Waals surface area contributed by atoms with E-state index < -0.39 is 0 Å². The van der Waals surface area contributed by atoms with Crippen LogP contribution in [0.3, 0.4) is 0 Å². The highest BCUT2D eigenvalue weighted by Crippen LogP contribution is 2.12. The molecule has 0 aliphatic heterocycles. The molecular formula is C19H31NO2. The zero-order chi connectivity index (χ0) is 16.0. The maximum atomic E-state index is 11.8. The summed E-state index contributed by atoms with van der Waals surface area (Å²) < 4.78 is 5.20. The second-order valence-corrected chi connectivity index (χ2v) is 5.82. The molecule has 124 valence electrons. The highest BCUT2D eigenvalue weighted by Gasteiger charge is 2.01.